The second kappa shape index (κ2) is 6.69. The standard InChI is InChI=1S/C17H34F2O4Si2/c1-15(2,3)24(7,8)21-11-12-13(17(18,19)14(20)22-12)23-25(9,10)16(4,5)6/h12-13H,11H2,1-10H3. The molecule has 0 aromatic rings. The van der Waals surface area contributed by atoms with Crippen LogP contribution in [-0.4, -0.2) is 47.3 Å². The highest BCUT2D eigenvalue weighted by molar-refractivity contribution is 6.74. The van der Waals surface area contributed by atoms with Crippen molar-refractivity contribution in [1.82, 2.24) is 0 Å². The molecule has 4 nitrogen and oxygen atoms in total. The van der Waals surface area contributed by atoms with Gasteiger partial charge in [-0.3, -0.25) is 0 Å². The summed E-state index contributed by atoms with van der Waals surface area (Å²) in [6.45, 7) is 19.9. The summed E-state index contributed by atoms with van der Waals surface area (Å²) in [6, 6.07) is 0. The first-order chi connectivity index (χ1) is 10.8. The summed E-state index contributed by atoms with van der Waals surface area (Å²) < 4.78 is 45.7. The molecule has 0 saturated carbocycles. The van der Waals surface area contributed by atoms with Gasteiger partial charge >= 0.3 is 11.9 Å². The molecule has 1 saturated heterocycles. The summed E-state index contributed by atoms with van der Waals surface area (Å²) in [5.74, 6) is -5.16. The number of carbonyl (C=O) groups is 1. The van der Waals surface area contributed by atoms with E-state index in [-0.39, 0.29) is 16.7 Å². The molecule has 0 spiro atoms. The van der Waals surface area contributed by atoms with Crippen LogP contribution in [0.25, 0.3) is 0 Å². The van der Waals surface area contributed by atoms with Crippen LogP contribution in [0.15, 0.2) is 0 Å². The molecule has 1 aliphatic rings. The Kier molecular flexibility index (Phi) is 6.08. The lowest BCUT2D eigenvalue weighted by molar-refractivity contribution is -0.162. The van der Waals surface area contributed by atoms with E-state index in [9.17, 15) is 13.6 Å². The van der Waals surface area contributed by atoms with E-state index in [1.54, 1.807) is 0 Å². The van der Waals surface area contributed by atoms with Gasteiger partial charge < -0.3 is 13.6 Å². The lowest BCUT2D eigenvalue weighted by atomic mass is 10.1. The Morgan fingerprint density at radius 1 is 1.00 bits per heavy atom. The molecular weight excluding hydrogens is 362 g/mol. The maximum absolute atomic E-state index is 14.4. The Hall–Kier alpha value is -0.316. The number of carbonyl (C=O) groups excluding carboxylic acids is 1. The van der Waals surface area contributed by atoms with Gasteiger partial charge in [-0.1, -0.05) is 41.5 Å². The van der Waals surface area contributed by atoms with Gasteiger partial charge in [-0.25, -0.2) is 4.79 Å². The molecule has 0 radical (unpaired) electrons. The first-order valence-electron chi connectivity index (χ1n) is 8.73. The number of halogens is 2. The van der Waals surface area contributed by atoms with Crippen molar-refractivity contribution in [3.05, 3.63) is 0 Å². The number of rotatable bonds is 5. The van der Waals surface area contributed by atoms with Crippen LogP contribution >= 0.6 is 0 Å². The Bertz CT molecular complexity index is 508. The van der Waals surface area contributed by atoms with Crippen LogP contribution in [0.5, 0.6) is 0 Å². The van der Waals surface area contributed by atoms with Crippen molar-refractivity contribution in [2.45, 2.75) is 95.9 Å². The molecule has 2 atom stereocenters. The van der Waals surface area contributed by atoms with Gasteiger partial charge in [-0.15, -0.1) is 0 Å². The molecule has 0 bridgehead atoms. The molecule has 0 aliphatic carbocycles. The van der Waals surface area contributed by atoms with Gasteiger partial charge in [0, 0.05) is 0 Å². The number of esters is 1. The quantitative estimate of drug-likeness (QED) is 0.487. The fraction of sp³-hybridized carbons (Fsp3) is 0.941. The van der Waals surface area contributed by atoms with Crippen LogP contribution in [0.1, 0.15) is 41.5 Å². The maximum Gasteiger partial charge on any atom is 0.380 e. The van der Waals surface area contributed by atoms with Crippen LogP contribution in [0.4, 0.5) is 8.78 Å². The smallest absolute Gasteiger partial charge is 0.380 e. The normalized spacial score (nSPS) is 25.2. The molecular formula is C17H34F2O4Si2. The van der Waals surface area contributed by atoms with E-state index in [4.69, 9.17) is 13.6 Å². The second-order valence-corrected chi connectivity index (χ2v) is 19.5. The van der Waals surface area contributed by atoms with Crippen LogP contribution in [0, 0.1) is 0 Å². The van der Waals surface area contributed by atoms with Gasteiger partial charge in [0.25, 0.3) is 0 Å². The van der Waals surface area contributed by atoms with Crippen LogP contribution < -0.4 is 0 Å². The monoisotopic (exact) mass is 396 g/mol. The minimum Gasteiger partial charge on any atom is -0.452 e. The van der Waals surface area contributed by atoms with Gasteiger partial charge in [-0.05, 0) is 36.3 Å². The fourth-order valence-electron chi connectivity index (χ4n) is 1.90. The lowest BCUT2D eigenvalue weighted by Crippen LogP contribution is -2.53. The molecule has 1 heterocycles. The van der Waals surface area contributed by atoms with Crippen molar-refractivity contribution in [2.24, 2.45) is 0 Å². The molecule has 0 aromatic carbocycles. The largest absolute Gasteiger partial charge is 0.452 e. The van der Waals surface area contributed by atoms with Crippen molar-refractivity contribution < 1.29 is 27.2 Å². The van der Waals surface area contributed by atoms with Crippen molar-refractivity contribution in [3.8, 4) is 0 Å². The van der Waals surface area contributed by atoms with Crippen LogP contribution in [-0.2, 0) is 18.4 Å². The average Bonchev–Trinajstić information content (AvgIpc) is 2.57. The molecule has 1 aliphatic heterocycles. The van der Waals surface area contributed by atoms with Gasteiger partial charge in [0.2, 0.25) is 0 Å². The Morgan fingerprint density at radius 2 is 1.44 bits per heavy atom. The van der Waals surface area contributed by atoms with E-state index < -0.39 is 40.7 Å². The summed E-state index contributed by atoms with van der Waals surface area (Å²) in [6.07, 6.45) is -2.67. The van der Waals surface area contributed by atoms with Crippen LogP contribution in [0.3, 0.4) is 0 Å². The van der Waals surface area contributed by atoms with Crippen molar-refractivity contribution in [1.29, 1.82) is 0 Å². The van der Waals surface area contributed by atoms with Gasteiger partial charge in [0.1, 0.15) is 0 Å². The molecule has 8 heteroatoms. The minimum absolute atomic E-state index is 0.0584. The van der Waals surface area contributed by atoms with Gasteiger partial charge in [0.05, 0.1) is 6.61 Å². The number of alkyl halides is 2. The predicted molar refractivity (Wildman–Crippen MR) is 100 cm³/mol. The molecule has 0 aromatic heterocycles. The van der Waals surface area contributed by atoms with Crippen LogP contribution in [0.2, 0.25) is 36.3 Å². The molecule has 1 fully saturated rings. The molecule has 25 heavy (non-hydrogen) atoms. The number of ether oxygens (including phenoxy) is 1. The third-order valence-corrected chi connectivity index (χ3v) is 14.8. The predicted octanol–water partition coefficient (Wildman–Crippen LogP) is 4.96. The summed E-state index contributed by atoms with van der Waals surface area (Å²) in [5.41, 5.74) is 0. The fourth-order valence-corrected chi connectivity index (χ4v) is 4.20. The zero-order chi connectivity index (χ0) is 20.1. The summed E-state index contributed by atoms with van der Waals surface area (Å²) in [5, 5.41) is -0.312. The Labute approximate surface area is 152 Å². The second-order valence-electron chi connectivity index (χ2n) is 9.94. The van der Waals surface area contributed by atoms with Crippen molar-refractivity contribution in [2.75, 3.05) is 6.61 Å². The zero-order valence-electron chi connectivity index (χ0n) is 17.3. The Morgan fingerprint density at radius 3 is 1.84 bits per heavy atom. The highest BCUT2D eigenvalue weighted by Gasteiger charge is 2.63. The Balaban J connectivity index is 3.00. The number of cyclic esters (lactones) is 1. The highest BCUT2D eigenvalue weighted by atomic mass is 28.4. The number of hydrogen-bond acceptors (Lipinski definition) is 4. The van der Waals surface area contributed by atoms with E-state index in [1.807, 2.05) is 47.0 Å². The lowest BCUT2D eigenvalue weighted by Gasteiger charge is -2.40. The summed E-state index contributed by atoms with van der Waals surface area (Å²) >= 11 is 0. The van der Waals surface area contributed by atoms with E-state index >= 15 is 0 Å². The number of hydrogen-bond donors (Lipinski definition) is 0. The van der Waals surface area contributed by atoms with E-state index in [0.717, 1.165) is 0 Å². The first kappa shape index (κ1) is 22.7. The third kappa shape index (κ3) is 4.70. The van der Waals surface area contributed by atoms with Gasteiger partial charge in [-0.2, -0.15) is 8.78 Å². The summed E-state index contributed by atoms with van der Waals surface area (Å²) in [7, 11) is -4.64. The maximum atomic E-state index is 14.4. The van der Waals surface area contributed by atoms with Gasteiger partial charge in [0.15, 0.2) is 28.8 Å². The van der Waals surface area contributed by atoms with E-state index in [0.29, 0.717) is 0 Å². The molecule has 0 amide bonds. The molecule has 1 rings (SSSR count). The van der Waals surface area contributed by atoms with E-state index in [1.165, 1.54) is 0 Å². The van der Waals surface area contributed by atoms with E-state index in [2.05, 4.69) is 20.8 Å². The highest BCUT2D eigenvalue weighted by Crippen LogP contribution is 2.43. The van der Waals surface area contributed by atoms with Crippen molar-refractivity contribution >= 4 is 22.6 Å². The molecule has 2 unspecified atom stereocenters. The molecule has 0 N–H and O–H groups in total. The minimum atomic E-state index is -3.64. The average molecular weight is 397 g/mol. The van der Waals surface area contributed by atoms with Crippen molar-refractivity contribution in [3.63, 3.8) is 0 Å². The summed E-state index contributed by atoms with van der Waals surface area (Å²) in [4.78, 5) is 11.7. The zero-order valence-corrected chi connectivity index (χ0v) is 19.3. The molecule has 148 valence electrons. The SMILES string of the molecule is CC(C)(C)[Si](C)(C)OCC1OC(=O)C(F)(F)C1O[Si](C)(C)C(C)(C)C. The first-order valence-corrected chi connectivity index (χ1v) is 14.6. The topological polar surface area (TPSA) is 44.8 Å². The third-order valence-electron chi connectivity index (χ3n) is 5.87.